The van der Waals surface area contributed by atoms with Crippen molar-refractivity contribution in [3.8, 4) is 0 Å². The molecule has 1 N–H and O–H groups in total. The number of halogens is 1. The van der Waals surface area contributed by atoms with E-state index in [0.29, 0.717) is 47.9 Å². The zero-order chi connectivity index (χ0) is 20.1. The lowest BCUT2D eigenvalue weighted by molar-refractivity contribution is 0.0203. The Labute approximate surface area is 166 Å². The second kappa shape index (κ2) is 6.81. The maximum Gasteiger partial charge on any atom is 0.410 e. The lowest BCUT2D eigenvalue weighted by atomic mass is 9.96. The molecule has 1 amide bonds. The maximum atomic E-state index is 12.5. The van der Waals surface area contributed by atoms with Crippen LogP contribution in [-0.4, -0.2) is 39.7 Å². The summed E-state index contributed by atoms with van der Waals surface area (Å²) >= 11 is 6.09. The van der Waals surface area contributed by atoms with Gasteiger partial charge >= 0.3 is 6.09 Å². The zero-order valence-corrected chi connectivity index (χ0v) is 16.8. The van der Waals surface area contributed by atoms with Gasteiger partial charge < -0.3 is 19.0 Å². The minimum absolute atomic E-state index is 0.0555. The summed E-state index contributed by atoms with van der Waals surface area (Å²) in [5.41, 5.74) is 0.476. The number of carbonyl (C=O) groups is 1. The number of hydrogen-bond donors (Lipinski definition) is 1. The van der Waals surface area contributed by atoms with E-state index in [-0.39, 0.29) is 23.2 Å². The van der Waals surface area contributed by atoms with Gasteiger partial charge in [-0.05, 0) is 51.8 Å². The third-order valence-electron chi connectivity index (χ3n) is 4.84. The van der Waals surface area contributed by atoms with E-state index in [0.717, 1.165) is 5.39 Å². The van der Waals surface area contributed by atoms with Crippen LogP contribution in [-0.2, 0) is 4.74 Å². The topological polar surface area (TPSA) is 88.4 Å². The van der Waals surface area contributed by atoms with Crippen LogP contribution >= 0.6 is 11.6 Å². The Bertz CT molecular complexity index is 1100. The number of fused-ring (bicyclic) bond motifs is 3. The summed E-state index contributed by atoms with van der Waals surface area (Å²) in [6, 6.07) is 5.20. The first kappa shape index (κ1) is 18.8. The Morgan fingerprint density at radius 3 is 2.71 bits per heavy atom. The molecule has 1 aliphatic heterocycles. The van der Waals surface area contributed by atoms with Gasteiger partial charge in [0.1, 0.15) is 22.5 Å². The largest absolute Gasteiger partial charge is 0.449 e. The van der Waals surface area contributed by atoms with Crippen molar-refractivity contribution in [2.75, 3.05) is 13.1 Å². The van der Waals surface area contributed by atoms with Crippen molar-refractivity contribution in [2.24, 2.45) is 0 Å². The van der Waals surface area contributed by atoms with Crippen molar-refractivity contribution >= 4 is 39.8 Å². The van der Waals surface area contributed by atoms with Gasteiger partial charge in [0.15, 0.2) is 0 Å². The third-order valence-corrected chi connectivity index (χ3v) is 5.07. The quantitative estimate of drug-likeness (QED) is 0.649. The van der Waals surface area contributed by atoms with Crippen LogP contribution in [0, 0.1) is 0 Å². The fraction of sp³-hybridized carbons (Fsp3) is 0.450. The van der Waals surface area contributed by atoms with E-state index < -0.39 is 5.60 Å². The molecule has 8 heteroatoms. The minimum Gasteiger partial charge on any atom is -0.449 e. The number of nitrogens with zero attached hydrogens (tertiary/aromatic N) is 2. The molecule has 0 spiro atoms. The molecular formula is C20H22ClN3O4. The molecule has 0 bridgehead atoms. The van der Waals surface area contributed by atoms with Crippen molar-refractivity contribution in [3.63, 3.8) is 0 Å². The van der Waals surface area contributed by atoms with Gasteiger partial charge in [-0.25, -0.2) is 9.78 Å². The Morgan fingerprint density at radius 2 is 2.04 bits per heavy atom. The molecule has 3 heterocycles. The SMILES string of the molecule is CC(C)(C)OC(=O)N1CCC(c2nc3c(oc4ccc(Cl)cc43)c(=O)[nH]2)CC1. The maximum absolute atomic E-state index is 12.5. The summed E-state index contributed by atoms with van der Waals surface area (Å²) in [5.74, 6) is 0.670. The predicted octanol–water partition coefficient (Wildman–Crippen LogP) is 4.44. The van der Waals surface area contributed by atoms with Crippen LogP contribution in [0.2, 0.25) is 5.02 Å². The van der Waals surface area contributed by atoms with Gasteiger partial charge in [0, 0.05) is 29.4 Å². The van der Waals surface area contributed by atoms with Crippen molar-refractivity contribution in [2.45, 2.75) is 45.1 Å². The van der Waals surface area contributed by atoms with Crippen molar-refractivity contribution in [3.05, 3.63) is 39.4 Å². The molecule has 0 unspecified atom stereocenters. The van der Waals surface area contributed by atoms with Gasteiger partial charge in [-0.1, -0.05) is 11.6 Å². The van der Waals surface area contributed by atoms with Crippen LogP contribution in [0.25, 0.3) is 22.1 Å². The van der Waals surface area contributed by atoms with Gasteiger partial charge in [0.25, 0.3) is 5.56 Å². The number of nitrogens with one attached hydrogen (secondary N) is 1. The molecule has 0 atom stereocenters. The molecule has 1 fully saturated rings. The second-order valence-corrected chi connectivity index (χ2v) is 8.55. The standard InChI is InChI=1S/C20H22ClN3O4/c1-20(2,3)28-19(26)24-8-6-11(7-9-24)17-22-15-13-10-12(21)4-5-14(13)27-16(15)18(25)23-17/h4-5,10-11H,6-9H2,1-3H3,(H,22,23,25). The van der Waals surface area contributed by atoms with E-state index in [1.165, 1.54) is 0 Å². The molecule has 1 saturated heterocycles. The highest BCUT2D eigenvalue weighted by Gasteiger charge is 2.29. The van der Waals surface area contributed by atoms with Crippen LogP contribution in [0.1, 0.15) is 45.4 Å². The highest BCUT2D eigenvalue weighted by atomic mass is 35.5. The summed E-state index contributed by atoms with van der Waals surface area (Å²) in [4.78, 5) is 34.0. The second-order valence-electron chi connectivity index (χ2n) is 8.11. The van der Waals surface area contributed by atoms with Crippen LogP contribution in [0.4, 0.5) is 4.79 Å². The molecule has 1 aliphatic rings. The van der Waals surface area contributed by atoms with Crippen LogP contribution in [0.5, 0.6) is 0 Å². The molecule has 7 nitrogen and oxygen atoms in total. The molecule has 28 heavy (non-hydrogen) atoms. The number of amides is 1. The number of piperidine rings is 1. The number of rotatable bonds is 1. The fourth-order valence-electron chi connectivity index (χ4n) is 3.50. The Morgan fingerprint density at radius 1 is 1.32 bits per heavy atom. The molecule has 3 aromatic rings. The number of aromatic amines is 1. The number of furan rings is 1. The Balaban J connectivity index is 1.59. The highest BCUT2D eigenvalue weighted by molar-refractivity contribution is 6.31. The Kier molecular flexibility index (Phi) is 4.57. The summed E-state index contributed by atoms with van der Waals surface area (Å²) in [7, 11) is 0. The third kappa shape index (κ3) is 3.58. The van der Waals surface area contributed by atoms with Crippen LogP contribution in [0.3, 0.4) is 0 Å². The number of hydrogen-bond acceptors (Lipinski definition) is 5. The predicted molar refractivity (Wildman–Crippen MR) is 107 cm³/mol. The Hall–Kier alpha value is -2.54. The molecule has 1 aromatic carbocycles. The first-order valence-corrected chi connectivity index (χ1v) is 9.69. The molecule has 0 aliphatic carbocycles. The van der Waals surface area contributed by atoms with Crippen molar-refractivity contribution in [1.82, 2.24) is 14.9 Å². The number of aromatic nitrogens is 2. The minimum atomic E-state index is -0.518. The van der Waals surface area contributed by atoms with Crippen molar-refractivity contribution in [1.29, 1.82) is 0 Å². The van der Waals surface area contributed by atoms with Gasteiger partial charge in [0.2, 0.25) is 5.58 Å². The summed E-state index contributed by atoms with van der Waals surface area (Å²) in [6.07, 6.45) is 1.09. The lowest BCUT2D eigenvalue weighted by Gasteiger charge is -2.33. The first-order chi connectivity index (χ1) is 13.2. The van der Waals surface area contributed by atoms with E-state index in [9.17, 15) is 9.59 Å². The monoisotopic (exact) mass is 403 g/mol. The average Bonchev–Trinajstić information content (AvgIpc) is 2.99. The number of benzene rings is 1. The van der Waals surface area contributed by atoms with Crippen LogP contribution < -0.4 is 5.56 Å². The first-order valence-electron chi connectivity index (χ1n) is 9.31. The zero-order valence-electron chi connectivity index (χ0n) is 16.0. The molecular weight excluding hydrogens is 382 g/mol. The van der Waals surface area contributed by atoms with Crippen molar-refractivity contribution < 1.29 is 13.9 Å². The van der Waals surface area contributed by atoms with E-state index in [2.05, 4.69) is 9.97 Å². The lowest BCUT2D eigenvalue weighted by Crippen LogP contribution is -2.41. The number of likely N-dealkylation sites (tertiary alicyclic amines) is 1. The smallest absolute Gasteiger partial charge is 0.410 e. The summed E-state index contributed by atoms with van der Waals surface area (Å²) < 4.78 is 11.1. The van der Waals surface area contributed by atoms with E-state index >= 15 is 0 Å². The summed E-state index contributed by atoms with van der Waals surface area (Å²) in [6.45, 7) is 6.66. The summed E-state index contributed by atoms with van der Waals surface area (Å²) in [5, 5.41) is 1.28. The molecule has 4 rings (SSSR count). The van der Waals surface area contributed by atoms with E-state index in [1.54, 1.807) is 23.1 Å². The normalized spacial score (nSPS) is 16.1. The van der Waals surface area contributed by atoms with Gasteiger partial charge in [-0.15, -0.1) is 0 Å². The van der Waals surface area contributed by atoms with Gasteiger partial charge in [-0.2, -0.15) is 0 Å². The van der Waals surface area contributed by atoms with Gasteiger partial charge in [-0.3, -0.25) is 4.79 Å². The van der Waals surface area contributed by atoms with Gasteiger partial charge in [0.05, 0.1) is 0 Å². The molecule has 0 radical (unpaired) electrons. The molecule has 2 aromatic heterocycles. The fourth-order valence-corrected chi connectivity index (χ4v) is 3.67. The number of ether oxygens (including phenoxy) is 1. The number of carbonyl (C=O) groups excluding carboxylic acids is 1. The highest BCUT2D eigenvalue weighted by Crippen LogP contribution is 2.31. The molecule has 148 valence electrons. The van der Waals surface area contributed by atoms with Crippen LogP contribution in [0.15, 0.2) is 27.4 Å². The average molecular weight is 404 g/mol. The van der Waals surface area contributed by atoms with E-state index in [4.69, 9.17) is 20.8 Å². The van der Waals surface area contributed by atoms with E-state index in [1.807, 2.05) is 20.8 Å². The number of H-pyrrole nitrogens is 1. The molecule has 0 saturated carbocycles.